The second-order valence-corrected chi connectivity index (χ2v) is 5.85. The molecule has 1 heterocycles. The van der Waals surface area contributed by atoms with E-state index in [0.29, 0.717) is 6.04 Å². The van der Waals surface area contributed by atoms with Gasteiger partial charge in [0.2, 0.25) is 5.91 Å². The number of nitrogens with zero attached hydrogens (tertiary/aromatic N) is 1. The number of likely N-dealkylation sites (tertiary alicyclic amines) is 1. The van der Waals surface area contributed by atoms with Gasteiger partial charge in [0, 0.05) is 25.2 Å². The zero-order valence-electron chi connectivity index (χ0n) is 11.9. The van der Waals surface area contributed by atoms with Crippen molar-refractivity contribution in [2.45, 2.75) is 63.6 Å². The molecule has 1 saturated heterocycles. The summed E-state index contributed by atoms with van der Waals surface area (Å²) in [5.74, 6) is 0.0157. The van der Waals surface area contributed by atoms with E-state index in [1.807, 2.05) is 6.92 Å². The highest BCUT2D eigenvalue weighted by Crippen LogP contribution is 2.29. The molecular weight excluding hydrogens is 285 g/mol. The van der Waals surface area contributed by atoms with Crippen LogP contribution in [0.15, 0.2) is 0 Å². The molecule has 1 aliphatic carbocycles. The Morgan fingerprint density at radius 1 is 1.37 bits per heavy atom. The van der Waals surface area contributed by atoms with Gasteiger partial charge in [0.05, 0.1) is 5.54 Å². The Morgan fingerprint density at radius 2 is 2.00 bits per heavy atom. The van der Waals surface area contributed by atoms with Crippen molar-refractivity contribution in [1.82, 2.24) is 10.2 Å². The molecule has 1 aliphatic heterocycles. The SMILES string of the molecule is CCCC(C)(N)C(=O)NC1CCN(C2CC2)C1.Cl.Cl. The number of carbonyl (C=O) groups excluding carboxylic acids is 1. The fourth-order valence-electron chi connectivity index (χ4n) is 2.66. The minimum absolute atomic E-state index is 0. The van der Waals surface area contributed by atoms with Gasteiger partial charge in [-0.1, -0.05) is 13.3 Å². The van der Waals surface area contributed by atoms with Gasteiger partial charge in [0.15, 0.2) is 0 Å². The molecule has 0 aromatic carbocycles. The van der Waals surface area contributed by atoms with Gasteiger partial charge in [-0.2, -0.15) is 0 Å². The molecule has 4 nitrogen and oxygen atoms in total. The average Bonchev–Trinajstić information content (AvgIpc) is 3.00. The minimum Gasteiger partial charge on any atom is -0.350 e. The van der Waals surface area contributed by atoms with Crippen LogP contribution < -0.4 is 11.1 Å². The molecule has 0 bridgehead atoms. The molecule has 6 heteroatoms. The highest BCUT2D eigenvalue weighted by molar-refractivity contribution is 5.86. The molecule has 19 heavy (non-hydrogen) atoms. The Balaban J connectivity index is 0.00000162. The van der Waals surface area contributed by atoms with E-state index >= 15 is 0 Å². The van der Waals surface area contributed by atoms with Crippen molar-refractivity contribution in [1.29, 1.82) is 0 Å². The first-order valence-electron chi connectivity index (χ1n) is 6.87. The Morgan fingerprint density at radius 3 is 2.53 bits per heavy atom. The van der Waals surface area contributed by atoms with Gasteiger partial charge >= 0.3 is 0 Å². The molecule has 0 aromatic heterocycles. The molecule has 1 saturated carbocycles. The lowest BCUT2D eigenvalue weighted by molar-refractivity contribution is -0.126. The van der Waals surface area contributed by atoms with Crippen LogP contribution in [0, 0.1) is 0 Å². The number of nitrogens with one attached hydrogen (secondary N) is 1. The smallest absolute Gasteiger partial charge is 0.240 e. The van der Waals surface area contributed by atoms with Gasteiger partial charge in [-0.3, -0.25) is 9.69 Å². The number of hydrogen-bond acceptors (Lipinski definition) is 3. The minimum atomic E-state index is -0.707. The van der Waals surface area contributed by atoms with Crippen LogP contribution in [-0.4, -0.2) is 41.5 Å². The maximum absolute atomic E-state index is 12.0. The van der Waals surface area contributed by atoms with E-state index < -0.39 is 5.54 Å². The molecule has 2 unspecified atom stereocenters. The monoisotopic (exact) mass is 311 g/mol. The van der Waals surface area contributed by atoms with Crippen LogP contribution in [0.4, 0.5) is 0 Å². The lowest BCUT2D eigenvalue weighted by Crippen LogP contribution is -2.54. The van der Waals surface area contributed by atoms with Gasteiger partial charge in [-0.25, -0.2) is 0 Å². The van der Waals surface area contributed by atoms with Crippen molar-refractivity contribution in [3.63, 3.8) is 0 Å². The van der Waals surface area contributed by atoms with Crippen LogP contribution >= 0.6 is 24.8 Å². The molecule has 2 rings (SSSR count). The second-order valence-electron chi connectivity index (χ2n) is 5.85. The topological polar surface area (TPSA) is 58.4 Å². The first-order chi connectivity index (χ1) is 8.03. The van der Waals surface area contributed by atoms with Gasteiger partial charge < -0.3 is 11.1 Å². The molecule has 2 fully saturated rings. The Labute approximate surface area is 128 Å². The molecule has 0 radical (unpaired) electrons. The number of hydrogen-bond donors (Lipinski definition) is 2. The molecule has 114 valence electrons. The molecule has 0 spiro atoms. The van der Waals surface area contributed by atoms with Crippen molar-refractivity contribution in [3.05, 3.63) is 0 Å². The summed E-state index contributed by atoms with van der Waals surface area (Å²) >= 11 is 0. The lowest BCUT2D eigenvalue weighted by atomic mass is 9.96. The number of rotatable bonds is 5. The fraction of sp³-hybridized carbons (Fsp3) is 0.923. The maximum atomic E-state index is 12.0. The van der Waals surface area contributed by atoms with Crippen molar-refractivity contribution in [2.24, 2.45) is 5.73 Å². The zero-order valence-corrected chi connectivity index (χ0v) is 13.5. The van der Waals surface area contributed by atoms with E-state index in [2.05, 4.69) is 17.1 Å². The summed E-state index contributed by atoms with van der Waals surface area (Å²) in [5.41, 5.74) is 5.32. The number of amides is 1. The summed E-state index contributed by atoms with van der Waals surface area (Å²) in [6.45, 7) is 6.03. The predicted octanol–water partition coefficient (Wildman–Crippen LogP) is 1.70. The zero-order chi connectivity index (χ0) is 12.5. The summed E-state index contributed by atoms with van der Waals surface area (Å²) in [7, 11) is 0. The molecule has 0 aromatic rings. The van der Waals surface area contributed by atoms with Crippen LogP contribution in [0.3, 0.4) is 0 Å². The highest BCUT2D eigenvalue weighted by atomic mass is 35.5. The maximum Gasteiger partial charge on any atom is 0.240 e. The van der Waals surface area contributed by atoms with Gasteiger partial charge in [0.1, 0.15) is 0 Å². The van der Waals surface area contributed by atoms with E-state index in [0.717, 1.165) is 38.4 Å². The van der Waals surface area contributed by atoms with E-state index in [-0.39, 0.29) is 30.7 Å². The van der Waals surface area contributed by atoms with Crippen molar-refractivity contribution >= 4 is 30.7 Å². The van der Waals surface area contributed by atoms with Crippen molar-refractivity contribution in [2.75, 3.05) is 13.1 Å². The molecule has 1 amide bonds. The first kappa shape index (κ1) is 19.0. The van der Waals surface area contributed by atoms with Crippen molar-refractivity contribution < 1.29 is 4.79 Å². The van der Waals surface area contributed by atoms with Crippen LogP contribution in [0.5, 0.6) is 0 Å². The quantitative estimate of drug-likeness (QED) is 0.812. The third kappa shape index (κ3) is 5.10. The largest absolute Gasteiger partial charge is 0.350 e. The van der Waals surface area contributed by atoms with Crippen LogP contribution in [0.2, 0.25) is 0 Å². The average molecular weight is 312 g/mol. The standard InChI is InChI=1S/C13H25N3O.2ClH/c1-3-7-13(2,14)12(17)15-10-6-8-16(9-10)11-4-5-11;;/h10-11H,3-9,14H2,1-2H3,(H,15,17);2*1H. The normalized spacial score (nSPS) is 25.9. The summed E-state index contributed by atoms with van der Waals surface area (Å²) in [4.78, 5) is 14.5. The second kappa shape index (κ2) is 7.67. The fourth-order valence-corrected chi connectivity index (χ4v) is 2.66. The van der Waals surface area contributed by atoms with Crippen molar-refractivity contribution in [3.8, 4) is 0 Å². The molecule has 3 N–H and O–H groups in total. The first-order valence-corrected chi connectivity index (χ1v) is 6.87. The molecule has 2 aliphatic rings. The predicted molar refractivity (Wildman–Crippen MR) is 83.1 cm³/mol. The number of halogens is 2. The Bertz CT molecular complexity index is 296. The van der Waals surface area contributed by atoms with E-state index in [4.69, 9.17) is 5.73 Å². The van der Waals surface area contributed by atoms with Gasteiger partial charge in [0.25, 0.3) is 0 Å². The van der Waals surface area contributed by atoms with Crippen LogP contribution in [0.25, 0.3) is 0 Å². The van der Waals surface area contributed by atoms with Crippen LogP contribution in [0.1, 0.15) is 46.0 Å². The summed E-state index contributed by atoms with van der Waals surface area (Å²) in [6, 6.07) is 1.11. The highest BCUT2D eigenvalue weighted by Gasteiger charge is 2.36. The summed E-state index contributed by atoms with van der Waals surface area (Å²) in [5, 5.41) is 3.11. The molecular formula is C13H27Cl2N3O. The number of nitrogens with two attached hydrogens (primary N) is 1. The number of carbonyl (C=O) groups is 1. The Hall–Kier alpha value is -0.0300. The Kier molecular flexibility index (Phi) is 7.66. The van der Waals surface area contributed by atoms with Gasteiger partial charge in [-0.05, 0) is 32.6 Å². The summed E-state index contributed by atoms with van der Waals surface area (Å²) in [6.07, 6.45) is 5.44. The third-order valence-corrected chi connectivity index (χ3v) is 3.91. The lowest BCUT2D eigenvalue weighted by Gasteiger charge is -2.25. The van der Waals surface area contributed by atoms with E-state index in [1.54, 1.807) is 0 Å². The molecule has 2 atom stereocenters. The van der Waals surface area contributed by atoms with Crippen LogP contribution in [-0.2, 0) is 4.79 Å². The third-order valence-electron chi connectivity index (χ3n) is 3.91. The van der Waals surface area contributed by atoms with Gasteiger partial charge in [-0.15, -0.1) is 24.8 Å². The van der Waals surface area contributed by atoms with E-state index in [1.165, 1.54) is 12.8 Å². The summed E-state index contributed by atoms with van der Waals surface area (Å²) < 4.78 is 0. The van der Waals surface area contributed by atoms with E-state index in [9.17, 15) is 4.79 Å².